The first-order valence-electron chi connectivity index (χ1n) is 9.67. The minimum Gasteiger partial charge on any atom is -0.497 e. The van der Waals surface area contributed by atoms with E-state index >= 15 is 0 Å². The largest absolute Gasteiger partial charge is 0.497 e. The van der Waals surface area contributed by atoms with E-state index < -0.39 is 17.6 Å². The Morgan fingerprint density at radius 1 is 1.03 bits per heavy atom. The molecule has 10 heteroatoms. The average Bonchev–Trinajstić information content (AvgIpc) is 2.79. The first-order chi connectivity index (χ1) is 15.7. The fourth-order valence-electron chi connectivity index (χ4n) is 2.88. The SMILES string of the molecule is C.COc1ccc(NC(=O)c2ccc(C(=N)N(C)C)cc2F)c(C(=O)Nc2ccc(Cl)cn2)c1. The van der Waals surface area contributed by atoms with Crippen LogP contribution in [-0.4, -0.2) is 48.7 Å². The van der Waals surface area contributed by atoms with E-state index in [1.165, 1.54) is 48.5 Å². The zero-order valence-electron chi connectivity index (χ0n) is 18.1. The molecule has 0 atom stereocenters. The maximum Gasteiger partial charge on any atom is 0.259 e. The number of methoxy groups -OCH3 is 1. The van der Waals surface area contributed by atoms with Crippen LogP contribution in [-0.2, 0) is 0 Å². The number of carbonyl (C=O) groups excluding carboxylic acids is 2. The Labute approximate surface area is 202 Å². The monoisotopic (exact) mass is 485 g/mol. The number of amides is 2. The Kier molecular flexibility index (Phi) is 8.69. The van der Waals surface area contributed by atoms with Crippen LogP contribution in [0.4, 0.5) is 15.9 Å². The number of benzene rings is 2. The molecule has 0 aliphatic rings. The van der Waals surface area contributed by atoms with Crippen LogP contribution >= 0.6 is 11.6 Å². The van der Waals surface area contributed by atoms with E-state index in [4.69, 9.17) is 21.7 Å². The fourth-order valence-corrected chi connectivity index (χ4v) is 2.99. The zero-order valence-corrected chi connectivity index (χ0v) is 18.8. The lowest BCUT2D eigenvalue weighted by Gasteiger charge is -2.15. The summed E-state index contributed by atoms with van der Waals surface area (Å²) in [6.45, 7) is 0. The Morgan fingerprint density at radius 2 is 1.74 bits per heavy atom. The molecule has 0 aliphatic heterocycles. The van der Waals surface area contributed by atoms with Gasteiger partial charge in [0.25, 0.3) is 11.8 Å². The molecule has 0 bridgehead atoms. The molecule has 2 aromatic carbocycles. The second kappa shape index (κ2) is 11.2. The third-order valence-electron chi connectivity index (χ3n) is 4.62. The van der Waals surface area contributed by atoms with E-state index in [9.17, 15) is 14.0 Å². The molecule has 0 fully saturated rings. The van der Waals surface area contributed by atoms with Gasteiger partial charge in [-0.15, -0.1) is 0 Å². The van der Waals surface area contributed by atoms with Crippen molar-refractivity contribution in [3.05, 3.63) is 82.3 Å². The van der Waals surface area contributed by atoms with Gasteiger partial charge in [-0.2, -0.15) is 0 Å². The third-order valence-corrected chi connectivity index (χ3v) is 4.85. The Hall–Kier alpha value is -3.98. The Morgan fingerprint density at radius 3 is 2.32 bits per heavy atom. The van der Waals surface area contributed by atoms with Crippen LogP contribution in [0.15, 0.2) is 54.7 Å². The number of hydrogen-bond donors (Lipinski definition) is 3. The lowest BCUT2D eigenvalue weighted by Crippen LogP contribution is -2.23. The van der Waals surface area contributed by atoms with Gasteiger partial charge >= 0.3 is 0 Å². The van der Waals surface area contributed by atoms with Crippen molar-refractivity contribution in [3.63, 3.8) is 0 Å². The summed E-state index contributed by atoms with van der Waals surface area (Å²) in [4.78, 5) is 31.2. The van der Waals surface area contributed by atoms with Crippen LogP contribution in [0.2, 0.25) is 5.02 Å². The number of hydrogen-bond acceptors (Lipinski definition) is 5. The summed E-state index contributed by atoms with van der Waals surface area (Å²) in [5.74, 6) is -1.35. The molecule has 0 saturated carbocycles. The second-order valence-corrected chi connectivity index (χ2v) is 7.56. The number of ether oxygens (including phenoxy) is 1. The normalized spacial score (nSPS) is 10.0. The van der Waals surface area contributed by atoms with Crippen molar-refractivity contribution in [3.8, 4) is 5.75 Å². The summed E-state index contributed by atoms with van der Waals surface area (Å²) >= 11 is 5.82. The van der Waals surface area contributed by atoms with Gasteiger partial charge in [-0.3, -0.25) is 15.0 Å². The quantitative estimate of drug-likeness (QED) is 0.339. The third kappa shape index (κ3) is 6.08. The van der Waals surface area contributed by atoms with Crippen molar-refractivity contribution in [1.29, 1.82) is 5.41 Å². The molecular formula is C24H25ClFN5O3. The van der Waals surface area contributed by atoms with E-state index in [0.717, 1.165) is 6.07 Å². The molecule has 34 heavy (non-hydrogen) atoms. The molecule has 0 saturated heterocycles. The molecule has 0 spiro atoms. The summed E-state index contributed by atoms with van der Waals surface area (Å²) in [5.41, 5.74) is 0.337. The molecule has 178 valence electrons. The summed E-state index contributed by atoms with van der Waals surface area (Å²) in [5, 5.41) is 13.5. The predicted molar refractivity (Wildman–Crippen MR) is 132 cm³/mol. The Bertz CT molecular complexity index is 1220. The van der Waals surface area contributed by atoms with Gasteiger partial charge in [-0.25, -0.2) is 9.37 Å². The molecule has 3 rings (SSSR count). The molecule has 0 aliphatic carbocycles. The lowest BCUT2D eigenvalue weighted by molar-refractivity contribution is 0.102. The molecule has 3 N–H and O–H groups in total. The summed E-state index contributed by atoms with van der Waals surface area (Å²) in [6.07, 6.45) is 1.38. The minimum absolute atomic E-state index is 0. The number of amidine groups is 1. The van der Waals surface area contributed by atoms with E-state index in [1.54, 1.807) is 26.2 Å². The van der Waals surface area contributed by atoms with Gasteiger partial charge in [0.05, 0.1) is 28.9 Å². The number of nitrogens with one attached hydrogen (secondary N) is 3. The van der Waals surface area contributed by atoms with Gasteiger partial charge < -0.3 is 20.3 Å². The molecule has 1 aromatic heterocycles. The van der Waals surface area contributed by atoms with Gasteiger partial charge in [0, 0.05) is 25.9 Å². The zero-order chi connectivity index (χ0) is 24.1. The van der Waals surface area contributed by atoms with Gasteiger partial charge in [0.1, 0.15) is 23.2 Å². The topological polar surface area (TPSA) is 107 Å². The van der Waals surface area contributed by atoms with Crippen LogP contribution in [0.1, 0.15) is 33.7 Å². The van der Waals surface area contributed by atoms with Crippen molar-refractivity contribution >= 4 is 40.8 Å². The molecule has 1 heterocycles. The van der Waals surface area contributed by atoms with Crippen LogP contribution < -0.4 is 15.4 Å². The maximum absolute atomic E-state index is 14.6. The number of aromatic nitrogens is 1. The van der Waals surface area contributed by atoms with E-state index in [2.05, 4.69) is 15.6 Å². The van der Waals surface area contributed by atoms with Crippen molar-refractivity contribution < 1.29 is 18.7 Å². The smallest absolute Gasteiger partial charge is 0.259 e. The number of halogens is 2. The molecule has 8 nitrogen and oxygen atoms in total. The number of nitrogens with zero attached hydrogens (tertiary/aromatic N) is 2. The molecule has 2 amide bonds. The van der Waals surface area contributed by atoms with Crippen molar-refractivity contribution in [2.24, 2.45) is 0 Å². The summed E-state index contributed by atoms with van der Waals surface area (Å²) in [6, 6.07) is 11.5. The number of rotatable bonds is 6. The lowest BCUT2D eigenvalue weighted by atomic mass is 10.1. The van der Waals surface area contributed by atoms with E-state index in [0.29, 0.717) is 16.3 Å². The average molecular weight is 486 g/mol. The number of anilines is 2. The highest BCUT2D eigenvalue weighted by atomic mass is 35.5. The van der Waals surface area contributed by atoms with Gasteiger partial charge in [-0.05, 0) is 42.5 Å². The second-order valence-electron chi connectivity index (χ2n) is 7.12. The highest BCUT2D eigenvalue weighted by Gasteiger charge is 2.19. The first kappa shape index (κ1) is 26.3. The maximum atomic E-state index is 14.6. The van der Waals surface area contributed by atoms with Crippen molar-refractivity contribution in [1.82, 2.24) is 9.88 Å². The van der Waals surface area contributed by atoms with E-state index in [-0.39, 0.29) is 35.9 Å². The number of pyridine rings is 1. The molecule has 3 aromatic rings. The highest BCUT2D eigenvalue weighted by molar-refractivity contribution is 6.30. The van der Waals surface area contributed by atoms with Crippen LogP contribution in [0, 0.1) is 11.2 Å². The summed E-state index contributed by atoms with van der Waals surface area (Å²) < 4.78 is 19.8. The molecule has 0 unspecified atom stereocenters. The number of carbonyl (C=O) groups is 2. The van der Waals surface area contributed by atoms with Crippen molar-refractivity contribution in [2.75, 3.05) is 31.8 Å². The van der Waals surface area contributed by atoms with Gasteiger partial charge in [-0.1, -0.05) is 25.1 Å². The van der Waals surface area contributed by atoms with Crippen molar-refractivity contribution in [2.45, 2.75) is 7.43 Å². The van der Waals surface area contributed by atoms with Gasteiger partial charge in [0.15, 0.2) is 0 Å². The van der Waals surface area contributed by atoms with Crippen LogP contribution in [0.25, 0.3) is 0 Å². The van der Waals surface area contributed by atoms with Gasteiger partial charge in [0.2, 0.25) is 0 Å². The standard InChI is InChI=1S/C23H21ClFN5O3.CH4/c1-30(2)21(26)13-4-7-16(18(25)10-13)22(31)28-19-8-6-15(33-3)11-17(19)23(32)29-20-9-5-14(24)12-27-20;/h4-12,26H,1-3H3,(H,28,31)(H,27,29,32);1H4. The molecular weight excluding hydrogens is 461 g/mol. The predicted octanol–water partition coefficient (Wildman–Crippen LogP) is 4.91. The molecule has 0 radical (unpaired) electrons. The fraction of sp³-hybridized carbons (Fsp3) is 0.167. The van der Waals surface area contributed by atoms with Crippen LogP contribution in [0.3, 0.4) is 0 Å². The Balaban J connectivity index is 0.00000408. The minimum atomic E-state index is -0.790. The summed E-state index contributed by atoms with van der Waals surface area (Å²) in [7, 11) is 4.77. The van der Waals surface area contributed by atoms with Crippen LogP contribution in [0.5, 0.6) is 5.75 Å². The highest BCUT2D eigenvalue weighted by Crippen LogP contribution is 2.24. The first-order valence-corrected chi connectivity index (χ1v) is 10.1. The van der Waals surface area contributed by atoms with E-state index in [1.807, 2.05) is 0 Å².